The van der Waals surface area contributed by atoms with E-state index in [1.165, 1.54) is 53.1 Å². The summed E-state index contributed by atoms with van der Waals surface area (Å²) in [5.74, 6) is -0.212. The van der Waals surface area contributed by atoms with Crippen molar-refractivity contribution in [1.29, 1.82) is 0 Å². The second-order valence-corrected chi connectivity index (χ2v) is 6.00. The lowest BCUT2D eigenvalue weighted by atomic mass is 9.98. The first-order valence-corrected chi connectivity index (χ1v) is 7.18. The minimum absolute atomic E-state index is 0.124. The number of hydrogen-bond donors (Lipinski definition) is 1. The summed E-state index contributed by atoms with van der Waals surface area (Å²) >= 11 is 1.82. The summed E-state index contributed by atoms with van der Waals surface area (Å²) < 4.78 is 12.9. The number of hydrogen-bond acceptors (Lipinski definition) is 2. The van der Waals surface area contributed by atoms with E-state index in [1.54, 1.807) is 12.1 Å². The van der Waals surface area contributed by atoms with Crippen LogP contribution in [0.15, 0.2) is 30.3 Å². The van der Waals surface area contributed by atoms with Crippen molar-refractivity contribution in [2.45, 2.75) is 31.7 Å². The summed E-state index contributed by atoms with van der Waals surface area (Å²) in [6, 6.07) is 8.62. The number of rotatable bonds is 2. The fourth-order valence-corrected chi connectivity index (χ4v) is 3.79. The summed E-state index contributed by atoms with van der Waals surface area (Å²) in [5, 5.41) is 0. The number of benzene rings is 1. The highest BCUT2D eigenvalue weighted by Crippen LogP contribution is 2.34. The number of thiophene rings is 1. The van der Waals surface area contributed by atoms with Crippen LogP contribution in [-0.2, 0) is 12.8 Å². The molecule has 3 rings (SSSR count). The van der Waals surface area contributed by atoms with Crippen LogP contribution < -0.4 is 5.73 Å². The third-order valence-electron chi connectivity index (χ3n) is 3.55. The van der Waals surface area contributed by atoms with Crippen LogP contribution in [-0.4, -0.2) is 0 Å². The summed E-state index contributed by atoms with van der Waals surface area (Å²) in [6.45, 7) is 0. The van der Waals surface area contributed by atoms with Gasteiger partial charge in [0.1, 0.15) is 5.82 Å². The van der Waals surface area contributed by atoms with Crippen LogP contribution >= 0.6 is 11.3 Å². The Morgan fingerprint density at radius 2 is 1.83 bits per heavy atom. The van der Waals surface area contributed by atoms with Crippen molar-refractivity contribution in [3.63, 3.8) is 0 Å². The fraction of sp³-hybridized carbons (Fsp3) is 0.333. The van der Waals surface area contributed by atoms with Crippen molar-refractivity contribution in [3.8, 4) is 0 Å². The molecule has 0 spiro atoms. The van der Waals surface area contributed by atoms with Crippen molar-refractivity contribution in [3.05, 3.63) is 57.0 Å². The highest BCUT2D eigenvalue weighted by molar-refractivity contribution is 7.12. The summed E-state index contributed by atoms with van der Waals surface area (Å²) in [5.41, 5.74) is 8.72. The van der Waals surface area contributed by atoms with Crippen LogP contribution in [0.1, 0.15) is 39.8 Å². The van der Waals surface area contributed by atoms with Gasteiger partial charge in [0.15, 0.2) is 0 Å². The van der Waals surface area contributed by atoms with Gasteiger partial charge >= 0.3 is 0 Å². The fourth-order valence-electron chi connectivity index (χ4n) is 2.50. The zero-order valence-electron chi connectivity index (χ0n) is 10.2. The molecule has 0 amide bonds. The van der Waals surface area contributed by atoms with E-state index < -0.39 is 0 Å². The van der Waals surface area contributed by atoms with E-state index in [2.05, 4.69) is 6.07 Å². The van der Waals surface area contributed by atoms with E-state index in [0.29, 0.717) is 0 Å². The minimum Gasteiger partial charge on any atom is -0.320 e. The molecule has 2 N–H and O–H groups in total. The van der Waals surface area contributed by atoms with Gasteiger partial charge in [0.25, 0.3) is 0 Å². The van der Waals surface area contributed by atoms with Gasteiger partial charge in [-0.25, -0.2) is 4.39 Å². The second kappa shape index (κ2) is 4.82. The molecule has 3 heteroatoms. The maximum Gasteiger partial charge on any atom is 0.123 e. The Labute approximate surface area is 110 Å². The van der Waals surface area contributed by atoms with Crippen molar-refractivity contribution in [2.75, 3.05) is 0 Å². The summed E-state index contributed by atoms with van der Waals surface area (Å²) in [4.78, 5) is 2.70. The Hall–Kier alpha value is -1.19. The highest BCUT2D eigenvalue weighted by atomic mass is 32.1. The van der Waals surface area contributed by atoms with Gasteiger partial charge in [0.05, 0.1) is 6.04 Å². The topological polar surface area (TPSA) is 26.0 Å². The van der Waals surface area contributed by atoms with Gasteiger partial charge in [-0.3, -0.25) is 0 Å². The van der Waals surface area contributed by atoms with E-state index in [-0.39, 0.29) is 11.9 Å². The normalized spacial score (nSPS) is 16.3. The van der Waals surface area contributed by atoms with Crippen LogP contribution in [0.3, 0.4) is 0 Å². The SMILES string of the molecule is NC(c1ccc(F)cc1)c1cc2c(s1)CCCC2. The lowest BCUT2D eigenvalue weighted by Crippen LogP contribution is -2.10. The first-order valence-electron chi connectivity index (χ1n) is 6.36. The molecule has 1 atom stereocenters. The average molecular weight is 261 g/mol. The van der Waals surface area contributed by atoms with Crippen LogP contribution in [0, 0.1) is 5.82 Å². The van der Waals surface area contributed by atoms with Crippen molar-refractivity contribution >= 4 is 11.3 Å². The van der Waals surface area contributed by atoms with E-state index in [0.717, 1.165) is 5.56 Å². The van der Waals surface area contributed by atoms with E-state index >= 15 is 0 Å². The van der Waals surface area contributed by atoms with Gasteiger partial charge in [-0.15, -0.1) is 11.3 Å². The van der Waals surface area contributed by atoms with Crippen molar-refractivity contribution in [1.82, 2.24) is 0 Å². The summed E-state index contributed by atoms with van der Waals surface area (Å²) in [6.07, 6.45) is 4.95. The zero-order valence-corrected chi connectivity index (χ0v) is 11.0. The molecule has 0 radical (unpaired) electrons. The standard InChI is InChI=1S/C15H16FNS/c16-12-7-5-10(6-8-12)15(17)14-9-11-3-1-2-4-13(11)18-14/h5-9,15H,1-4,17H2. The molecule has 1 aliphatic rings. The zero-order chi connectivity index (χ0) is 12.5. The highest BCUT2D eigenvalue weighted by Gasteiger charge is 2.17. The Morgan fingerprint density at radius 1 is 1.11 bits per heavy atom. The molecule has 1 aromatic carbocycles. The number of fused-ring (bicyclic) bond motifs is 1. The quantitative estimate of drug-likeness (QED) is 0.874. The molecule has 0 bridgehead atoms. The maximum atomic E-state index is 12.9. The largest absolute Gasteiger partial charge is 0.320 e. The Balaban J connectivity index is 1.89. The third kappa shape index (κ3) is 2.20. The van der Waals surface area contributed by atoms with Crippen LogP contribution in [0.5, 0.6) is 0 Å². The lowest BCUT2D eigenvalue weighted by Gasteiger charge is -2.09. The maximum absolute atomic E-state index is 12.9. The average Bonchev–Trinajstić information content (AvgIpc) is 2.82. The summed E-state index contributed by atoms with van der Waals surface area (Å²) in [7, 11) is 0. The number of nitrogens with two attached hydrogens (primary N) is 1. The monoisotopic (exact) mass is 261 g/mol. The molecule has 1 aliphatic carbocycles. The molecule has 18 heavy (non-hydrogen) atoms. The molecule has 2 aromatic rings. The number of aryl methyl sites for hydroxylation is 2. The molecular formula is C15H16FNS. The molecule has 1 nitrogen and oxygen atoms in total. The first-order chi connectivity index (χ1) is 8.74. The Morgan fingerprint density at radius 3 is 2.56 bits per heavy atom. The Kier molecular flexibility index (Phi) is 3.18. The molecule has 1 unspecified atom stereocenters. The van der Waals surface area contributed by atoms with Gasteiger partial charge in [0, 0.05) is 9.75 Å². The molecule has 1 aromatic heterocycles. The third-order valence-corrected chi connectivity index (χ3v) is 4.87. The Bertz CT molecular complexity index is 521. The van der Waals surface area contributed by atoms with E-state index in [9.17, 15) is 4.39 Å². The van der Waals surface area contributed by atoms with Gasteiger partial charge in [-0.2, -0.15) is 0 Å². The van der Waals surface area contributed by atoms with E-state index in [1.807, 2.05) is 11.3 Å². The van der Waals surface area contributed by atoms with Gasteiger partial charge in [-0.05, 0) is 55.0 Å². The van der Waals surface area contributed by atoms with Crippen LogP contribution in [0.4, 0.5) is 4.39 Å². The molecular weight excluding hydrogens is 245 g/mol. The predicted octanol–water partition coefficient (Wildman–Crippen LogP) is 3.81. The van der Waals surface area contributed by atoms with Gasteiger partial charge in [0.2, 0.25) is 0 Å². The minimum atomic E-state index is -0.212. The molecule has 94 valence electrons. The van der Waals surface area contributed by atoms with Crippen molar-refractivity contribution in [2.24, 2.45) is 5.73 Å². The molecule has 0 saturated carbocycles. The second-order valence-electron chi connectivity index (χ2n) is 4.83. The lowest BCUT2D eigenvalue weighted by molar-refractivity contribution is 0.626. The van der Waals surface area contributed by atoms with Crippen LogP contribution in [0.2, 0.25) is 0 Å². The smallest absolute Gasteiger partial charge is 0.123 e. The van der Waals surface area contributed by atoms with Crippen molar-refractivity contribution < 1.29 is 4.39 Å². The van der Waals surface area contributed by atoms with Crippen LogP contribution in [0.25, 0.3) is 0 Å². The van der Waals surface area contributed by atoms with Gasteiger partial charge in [-0.1, -0.05) is 12.1 Å². The molecule has 1 heterocycles. The molecule has 0 saturated heterocycles. The first kappa shape index (κ1) is 11.9. The van der Waals surface area contributed by atoms with Gasteiger partial charge < -0.3 is 5.73 Å². The predicted molar refractivity (Wildman–Crippen MR) is 73.4 cm³/mol. The molecule has 0 fully saturated rings. The molecule has 0 aliphatic heterocycles. The van der Waals surface area contributed by atoms with E-state index in [4.69, 9.17) is 5.73 Å². The number of halogens is 1.